The summed E-state index contributed by atoms with van der Waals surface area (Å²) in [5.74, 6) is -0.166. The number of para-hydroxylation sites is 1. The monoisotopic (exact) mass is 456 g/mol. The van der Waals surface area contributed by atoms with Crippen LogP contribution in [-0.4, -0.2) is 10.9 Å². The molecule has 5 nitrogen and oxygen atoms in total. The van der Waals surface area contributed by atoms with Crippen LogP contribution in [0.2, 0.25) is 15.1 Å². The first-order chi connectivity index (χ1) is 14.5. The van der Waals surface area contributed by atoms with Crippen molar-refractivity contribution in [3.8, 4) is 0 Å². The van der Waals surface area contributed by atoms with Crippen LogP contribution in [0.3, 0.4) is 0 Å². The molecule has 4 aromatic rings. The highest BCUT2D eigenvalue weighted by Gasteiger charge is 2.44. The van der Waals surface area contributed by atoms with Gasteiger partial charge in [-0.05, 0) is 42.0 Å². The lowest BCUT2D eigenvalue weighted by atomic mass is 9.98. The third-order valence-electron chi connectivity index (χ3n) is 5.00. The molecule has 0 radical (unpaired) electrons. The van der Waals surface area contributed by atoms with Crippen LogP contribution >= 0.6 is 34.8 Å². The molecule has 0 fully saturated rings. The van der Waals surface area contributed by atoms with Gasteiger partial charge >= 0.3 is 0 Å². The predicted molar refractivity (Wildman–Crippen MR) is 117 cm³/mol. The second-order valence-electron chi connectivity index (χ2n) is 6.76. The van der Waals surface area contributed by atoms with Crippen molar-refractivity contribution in [1.29, 1.82) is 0 Å². The summed E-state index contributed by atoms with van der Waals surface area (Å²) in [5.41, 5.74) is 0.894. The van der Waals surface area contributed by atoms with Crippen LogP contribution < -0.4 is 10.3 Å². The smallest absolute Gasteiger partial charge is 0.296 e. The molecule has 1 aliphatic heterocycles. The molecular formula is C22H11Cl3N2O3. The van der Waals surface area contributed by atoms with E-state index in [1.165, 1.54) is 11.1 Å². The summed E-state index contributed by atoms with van der Waals surface area (Å²) in [5, 5.41) is 1.49. The number of fused-ring (bicyclic) bond motifs is 2. The highest BCUT2D eigenvalue weighted by molar-refractivity contribution is 6.42. The number of aromatic nitrogens is 1. The quantitative estimate of drug-likeness (QED) is 0.376. The van der Waals surface area contributed by atoms with Gasteiger partial charge in [0.25, 0.3) is 5.91 Å². The minimum atomic E-state index is -0.781. The van der Waals surface area contributed by atoms with E-state index in [9.17, 15) is 9.59 Å². The van der Waals surface area contributed by atoms with Crippen molar-refractivity contribution in [2.24, 2.45) is 0 Å². The van der Waals surface area contributed by atoms with Crippen molar-refractivity contribution in [2.75, 3.05) is 4.90 Å². The van der Waals surface area contributed by atoms with Crippen molar-refractivity contribution in [2.45, 2.75) is 6.04 Å². The number of amides is 1. The van der Waals surface area contributed by atoms with Crippen LogP contribution in [-0.2, 0) is 0 Å². The molecule has 2 aromatic heterocycles. The molecular weight excluding hydrogens is 447 g/mol. The van der Waals surface area contributed by atoms with E-state index in [0.717, 1.165) is 0 Å². The van der Waals surface area contributed by atoms with Gasteiger partial charge in [-0.2, -0.15) is 0 Å². The summed E-state index contributed by atoms with van der Waals surface area (Å²) in [6.07, 6.45) is 1.44. The first kappa shape index (κ1) is 19.1. The maximum absolute atomic E-state index is 13.4. The molecule has 0 saturated heterocycles. The third-order valence-corrected chi connectivity index (χ3v) is 5.96. The van der Waals surface area contributed by atoms with Gasteiger partial charge in [0.2, 0.25) is 5.76 Å². The Bertz CT molecular complexity index is 1380. The lowest BCUT2D eigenvalue weighted by Crippen LogP contribution is -2.30. The van der Waals surface area contributed by atoms with E-state index in [0.29, 0.717) is 37.4 Å². The van der Waals surface area contributed by atoms with Gasteiger partial charge in [0.05, 0.1) is 32.1 Å². The van der Waals surface area contributed by atoms with Gasteiger partial charge in [0.1, 0.15) is 11.4 Å². The molecule has 5 rings (SSSR count). The number of carbonyl (C=O) groups is 1. The standard InChI is InChI=1S/C22H11Cl3N2O3/c23-12-6-8-17(26-10-12)27-19(11-5-7-14(24)15(25)9-11)18-20(28)13-3-1-2-4-16(13)30-21(18)22(27)29/h1-10,19H. The van der Waals surface area contributed by atoms with Gasteiger partial charge in [0.15, 0.2) is 5.43 Å². The van der Waals surface area contributed by atoms with E-state index in [-0.39, 0.29) is 16.8 Å². The molecule has 30 heavy (non-hydrogen) atoms. The highest BCUT2D eigenvalue weighted by atomic mass is 35.5. The van der Waals surface area contributed by atoms with E-state index in [2.05, 4.69) is 4.98 Å². The number of carbonyl (C=O) groups excluding carboxylic acids is 1. The largest absolute Gasteiger partial charge is 0.450 e. The van der Waals surface area contributed by atoms with Crippen molar-refractivity contribution in [3.63, 3.8) is 0 Å². The second kappa shape index (κ2) is 7.13. The predicted octanol–water partition coefficient (Wildman–Crippen LogP) is 5.90. The zero-order chi connectivity index (χ0) is 21.0. The number of benzene rings is 2. The number of nitrogens with zero attached hydrogens (tertiary/aromatic N) is 2. The topological polar surface area (TPSA) is 63.4 Å². The minimum Gasteiger partial charge on any atom is -0.450 e. The van der Waals surface area contributed by atoms with E-state index in [1.54, 1.807) is 54.6 Å². The number of halogens is 3. The summed E-state index contributed by atoms with van der Waals surface area (Å²) in [7, 11) is 0. The Kier molecular flexibility index (Phi) is 4.54. The zero-order valence-corrected chi connectivity index (χ0v) is 17.4. The molecule has 8 heteroatoms. The zero-order valence-electron chi connectivity index (χ0n) is 15.1. The molecule has 1 aliphatic rings. The molecule has 0 saturated carbocycles. The number of pyridine rings is 1. The molecule has 0 aliphatic carbocycles. The van der Waals surface area contributed by atoms with Crippen LogP contribution in [0.15, 0.2) is 70.0 Å². The highest BCUT2D eigenvalue weighted by Crippen LogP contribution is 2.41. The molecule has 2 aromatic carbocycles. The summed E-state index contributed by atoms with van der Waals surface area (Å²) in [4.78, 5) is 32.5. The Morgan fingerprint density at radius 2 is 1.73 bits per heavy atom. The van der Waals surface area contributed by atoms with Crippen LogP contribution in [0.4, 0.5) is 5.82 Å². The first-order valence-electron chi connectivity index (χ1n) is 8.91. The summed E-state index contributed by atoms with van der Waals surface area (Å²) >= 11 is 18.3. The van der Waals surface area contributed by atoms with Gasteiger partial charge in [-0.3, -0.25) is 14.5 Å². The molecule has 1 unspecified atom stereocenters. The SMILES string of the molecule is O=C1c2oc3ccccc3c(=O)c2C(c2ccc(Cl)c(Cl)c2)N1c1ccc(Cl)cn1. The lowest BCUT2D eigenvalue weighted by Gasteiger charge is -2.24. The normalized spacial score (nSPS) is 15.6. The lowest BCUT2D eigenvalue weighted by molar-refractivity contribution is 0.0970. The first-order valence-corrected chi connectivity index (χ1v) is 10.0. The summed E-state index contributed by atoms with van der Waals surface area (Å²) in [6.45, 7) is 0. The van der Waals surface area contributed by atoms with E-state index < -0.39 is 11.9 Å². The molecule has 3 heterocycles. The maximum atomic E-state index is 13.4. The Hall–Kier alpha value is -2.86. The van der Waals surface area contributed by atoms with Crippen LogP contribution in [0.5, 0.6) is 0 Å². The van der Waals surface area contributed by atoms with Gasteiger partial charge < -0.3 is 4.42 Å². The number of hydrogen-bond donors (Lipinski definition) is 0. The summed E-state index contributed by atoms with van der Waals surface area (Å²) in [6, 6.07) is 14.2. The summed E-state index contributed by atoms with van der Waals surface area (Å²) < 4.78 is 5.87. The fraction of sp³-hybridized carbons (Fsp3) is 0.0455. The molecule has 0 bridgehead atoms. The van der Waals surface area contributed by atoms with Gasteiger partial charge in [-0.1, -0.05) is 53.0 Å². The van der Waals surface area contributed by atoms with E-state index >= 15 is 0 Å². The van der Waals surface area contributed by atoms with Crippen molar-refractivity contribution >= 4 is 57.5 Å². The van der Waals surface area contributed by atoms with Crippen LogP contribution in [0.1, 0.15) is 27.7 Å². The minimum absolute atomic E-state index is 0.0217. The van der Waals surface area contributed by atoms with Gasteiger partial charge in [-0.15, -0.1) is 0 Å². The average molecular weight is 458 g/mol. The molecule has 1 amide bonds. The van der Waals surface area contributed by atoms with Crippen molar-refractivity contribution in [1.82, 2.24) is 4.98 Å². The van der Waals surface area contributed by atoms with E-state index in [1.807, 2.05) is 0 Å². The van der Waals surface area contributed by atoms with Crippen molar-refractivity contribution in [3.05, 3.63) is 103 Å². The molecule has 0 N–H and O–H groups in total. The Morgan fingerprint density at radius 1 is 0.933 bits per heavy atom. The van der Waals surface area contributed by atoms with Crippen molar-refractivity contribution < 1.29 is 9.21 Å². The van der Waals surface area contributed by atoms with Crippen LogP contribution in [0, 0.1) is 0 Å². The number of rotatable bonds is 2. The van der Waals surface area contributed by atoms with Crippen LogP contribution in [0.25, 0.3) is 11.0 Å². The molecule has 1 atom stereocenters. The van der Waals surface area contributed by atoms with E-state index in [4.69, 9.17) is 39.2 Å². The Morgan fingerprint density at radius 3 is 2.47 bits per heavy atom. The number of hydrogen-bond acceptors (Lipinski definition) is 4. The van der Waals surface area contributed by atoms with Gasteiger partial charge in [0, 0.05) is 6.20 Å². The van der Waals surface area contributed by atoms with Gasteiger partial charge in [-0.25, -0.2) is 4.98 Å². The fourth-order valence-electron chi connectivity index (χ4n) is 3.66. The maximum Gasteiger partial charge on any atom is 0.296 e. The number of anilines is 1. The Labute approximate surface area is 185 Å². The molecule has 148 valence electrons. The fourth-order valence-corrected chi connectivity index (χ4v) is 4.08. The second-order valence-corrected chi connectivity index (χ2v) is 8.01. The third kappa shape index (κ3) is 2.89. The molecule has 0 spiro atoms. The average Bonchev–Trinajstić information content (AvgIpc) is 3.04. The Balaban J connectivity index is 1.82.